The maximum Gasteiger partial charge on any atom is 0.329 e. The van der Waals surface area contributed by atoms with E-state index in [0.717, 1.165) is 66.5 Å². The molecule has 2 saturated heterocycles. The molecule has 8 heterocycles. The SMILES string of the molecule is CCc1c2c(nc3ccc(O)cc13)-c1cc3c(c(=O)n1C2)COC[C@@]3(CC)OC(=O)[C@H](C)NC(=O)NCCOCCOCCNC(=O)Nc1cc(C(=O)NCCOCCNC(=O)CCCCC2SCC3NC(N)=NC32)cc(C(=O)NCCOCCNC(=O)CCCCC2SCC3NC(N)=NC32)c1. The van der Waals surface area contributed by atoms with Crippen molar-refractivity contribution in [2.75, 3.05) is 116 Å². The number of esters is 1. The third-order valence-electron chi connectivity index (χ3n) is 18.6. The highest BCUT2D eigenvalue weighted by molar-refractivity contribution is 8.00. The lowest BCUT2D eigenvalue weighted by atomic mass is 9.86. The van der Waals surface area contributed by atoms with E-state index in [1.165, 1.54) is 25.1 Å². The zero-order valence-corrected chi connectivity index (χ0v) is 59.6. The second-order valence-electron chi connectivity index (χ2n) is 25.8. The molecule has 10 rings (SSSR count). The van der Waals surface area contributed by atoms with Crippen molar-refractivity contribution in [1.29, 1.82) is 0 Å². The number of nitrogens with one attached hydrogen (secondary N) is 10. The molecular weight excluding hydrogens is 1360 g/mol. The fourth-order valence-electron chi connectivity index (χ4n) is 13.4. The number of rotatable bonds is 39. The highest BCUT2D eigenvalue weighted by Gasteiger charge is 2.45. The first-order chi connectivity index (χ1) is 49.4. The van der Waals surface area contributed by atoms with Gasteiger partial charge in [-0.2, -0.15) is 23.5 Å². The third kappa shape index (κ3) is 20.2. The molecule has 4 aromatic rings. The minimum absolute atomic E-state index is 0.00277. The van der Waals surface area contributed by atoms with Crippen LogP contribution in [-0.4, -0.2) is 219 Å². The topological polar surface area (TPSA) is 427 Å². The number of fused-ring (bicyclic) bond motifs is 7. The number of phenolic OH excluding ortho intramolecular Hbond substituents is 1. The number of phenols is 1. The Labute approximate surface area is 600 Å². The molecule has 31 nitrogen and oxygen atoms in total. The number of aliphatic imine (C=N–C) groups is 2. The molecule has 0 bridgehead atoms. The molecule has 554 valence electrons. The predicted octanol–water partition coefficient (Wildman–Crippen LogP) is 2.30. The number of ether oxygens (including phenoxy) is 6. The van der Waals surface area contributed by atoms with E-state index in [9.17, 15) is 43.5 Å². The van der Waals surface area contributed by atoms with Gasteiger partial charge in [-0.05, 0) is 93.5 Å². The Hall–Kier alpha value is -8.47. The number of anilines is 1. The highest BCUT2D eigenvalue weighted by Crippen LogP contribution is 2.43. The monoisotopic (exact) mass is 1450 g/mol. The number of aryl methyl sites for hydroxylation is 1. The number of amides is 8. The molecule has 8 amide bonds. The molecule has 0 aliphatic carbocycles. The summed E-state index contributed by atoms with van der Waals surface area (Å²) in [6.07, 6.45) is 7.03. The lowest BCUT2D eigenvalue weighted by Crippen LogP contribution is -2.50. The number of hydrogen-bond acceptors (Lipinski definition) is 24. The molecule has 15 N–H and O–H groups in total. The van der Waals surface area contributed by atoms with E-state index in [-0.39, 0.29) is 151 Å². The van der Waals surface area contributed by atoms with E-state index in [2.05, 4.69) is 63.2 Å². The van der Waals surface area contributed by atoms with Gasteiger partial charge in [0, 0.05) is 107 Å². The van der Waals surface area contributed by atoms with Gasteiger partial charge < -0.3 is 103 Å². The van der Waals surface area contributed by atoms with Crippen LogP contribution in [0, 0.1) is 0 Å². The molecule has 2 aromatic carbocycles. The number of nitrogens with two attached hydrogens (primary N) is 2. The number of urea groups is 2. The summed E-state index contributed by atoms with van der Waals surface area (Å²) in [6.45, 7) is 7.99. The second kappa shape index (κ2) is 37.1. The Morgan fingerprint density at radius 2 is 1.23 bits per heavy atom. The summed E-state index contributed by atoms with van der Waals surface area (Å²) >= 11 is 3.79. The van der Waals surface area contributed by atoms with Gasteiger partial charge in [0.05, 0.1) is 119 Å². The summed E-state index contributed by atoms with van der Waals surface area (Å²) in [5, 5.41) is 40.3. The molecule has 0 radical (unpaired) electrons. The molecule has 0 saturated carbocycles. The Balaban J connectivity index is 0.605. The van der Waals surface area contributed by atoms with E-state index in [1.54, 1.807) is 22.8 Å². The number of guanidine groups is 2. The molecular formula is C69H96N16O15S2. The van der Waals surface area contributed by atoms with Crippen LogP contribution >= 0.6 is 23.5 Å². The highest BCUT2D eigenvalue weighted by atomic mass is 32.2. The van der Waals surface area contributed by atoms with Crippen molar-refractivity contribution in [3.05, 3.63) is 86.2 Å². The van der Waals surface area contributed by atoms with Crippen molar-refractivity contribution in [2.24, 2.45) is 21.5 Å². The van der Waals surface area contributed by atoms with Crippen LogP contribution in [0.15, 0.2) is 57.2 Å². The number of nitrogens with zero attached hydrogens (tertiary/aromatic N) is 4. The minimum atomic E-state index is -1.32. The van der Waals surface area contributed by atoms with E-state index in [0.29, 0.717) is 101 Å². The Bertz CT molecular complexity index is 3680. The number of aromatic hydroxyl groups is 1. The molecule has 2 aromatic heterocycles. The first-order valence-corrected chi connectivity index (χ1v) is 37.3. The standard InChI is InChI=1S/C69H96N16O15S2/c1-4-45-46-33-44(86)14-15-50(46)80-58-47(45)35-85-53(58)34-49-48(63(85)91)36-99-39-69(49,5-2)100-64(92)40(3)78-67(93)76-20-26-97-28-29-98-27-21-77-68(94)79-43-31-41(61(89)74-18-24-95-22-16-72-56(87)12-8-6-10-54-59-51(37-101-54)81-65(70)83-59)30-42(32-43)62(90)75-19-25-96-23-17-73-57(88)13-9-7-11-55-60-52(38-102-55)82-66(71)84-60/h14-15,30-34,40,51-52,54-55,59-60,86H,4-13,16-29,35-39H2,1-3H3,(H,72,87)(H,73,88)(H,74,89)(H,75,90)(H3,70,81,83)(H3,71,82,84)(H2,76,78,93)(H2,77,79,94)/t40-,51?,52?,54?,55?,59?,60?,69+/m0/s1. The van der Waals surface area contributed by atoms with E-state index in [1.807, 2.05) is 43.4 Å². The van der Waals surface area contributed by atoms with Crippen LogP contribution in [0.4, 0.5) is 15.3 Å². The molecule has 2 fully saturated rings. The van der Waals surface area contributed by atoms with Gasteiger partial charge in [-0.3, -0.25) is 24.0 Å². The van der Waals surface area contributed by atoms with Crippen LogP contribution < -0.4 is 70.2 Å². The summed E-state index contributed by atoms with van der Waals surface area (Å²) in [5.41, 5.74) is 15.2. The molecule has 0 spiro atoms. The number of hydrogen-bond donors (Lipinski definition) is 13. The molecule has 6 aliphatic heterocycles. The summed E-state index contributed by atoms with van der Waals surface area (Å²) in [6, 6.07) is 9.78. The van der Waals surface area contributed by atoms with E-state index >= 15 is 0 Å². The number of benzene rings is 2. The van der Waals surface area contributed by atoms with Gasteiger partial charge >= 0.3 is 18.0 Å². The van der Waals surface area contributed by atoms with E-state index < -0.39 is 41.5 Å². The zero-order valence-electron chi connectivity index (χ0n) is 58.0. The van der Waals surface area contributed by atoms with Crippen molar-refractivity contribution < 1.29 is 67.1 Å². The summed E-state index contributed by atoms with van der Waals surface area (Å²) in [7, 11) is 0. The van der Waals surface area contributed by atoms with Crippen molar-refractivity contribution in [3.63, 3.8) is 0 Å². The number of pyridine rings is 2. The van der Waals surface area contributed by atoms with Crippen LogP contribution in [-0.2, 0) is 68.0 Å². The lowest BCUT2D eigenvalue weighted by molar-refractivity contribution is -0.175. The fourth-order valence-corrected chi connectivity index (χ4v) is 16.4. The molecule has 6 unspecified atom stereocenters. The number of carbonyl (C=O) groups excluding carboxylic acids is 7. The van der Waals surface area contributed by atoms with Crippen molar-refractivity contribution in [2.45, 2.75) is 144 Å². The summed E-state index contributed by atoms with van der Waals surface area (Å²) < 4.78 is 36.3. The Morgan fingerprint density at radius 3 is 1.78 bits per heavy atom. The molecule has 102 heavy (non-hydrogen) atoms. The van der Waals surface area contributed by atoms with Crippen LogP contribution in [0.2, 0.25) is 0 Å². The average molecular weight is 1450 g/mol. The number of thioether (sulfide) groups is 2. The fraction of sp³-hybridized carbons (Fsp3) is 0.580. The van der Waals surface area contributed by atoms with Gasteiger partial charge in [0.25, 0.3) is 17.4 Å². The van der Waals surface area contributed by atoms with Gasteiger partial charge in [0.1, 0.15) is 11.8 Å². The zero-order chi connectivity index (χ0) is 72.1. The largest absolute Gasteiger partial charge is 0.508 e. The lowest BCUT2D eigenvalue weighted by Gasteiger charge is -2.38. The Morgan fingerprint density at radius 1 is 0.686 bits per heavy atom. The normalized spacial score (nSPS) is 20.6. The first-order valence-electron chi connectivity index (χ1n) is 35.2. The quantitative estimate of drug-likeness (QED) is 0.0198. The maximum absolute atomic E-state index is 14.2. The van der Waals surface area contributed by atoms with Gasteiger partial charge in [0.15, 0.2) is 17.5 Å². The number of aromatic nitrogens is 2. The third-order valence-corrected chi connectivity index (χ3v) is 21.6. The maximum atomic E-state index is 14.2. The molecule has 6 aliphatic rings. The van der Waals surface area contributed by atoms with Crippen LogP contribution in [0.25, 0.3) is 22.3 Å². The number of carbonyl (C=O) groups is 7. The molecule has 8 atom stereocenters. The smallest absolute Gasteiger partial charge is 0.329 e. The van der Waals surface area contributed by atoms with Gasteiger partial charge in [0.2, 0.25) is 11.8 Å². The minimum Gasteiger partial charge on any atom is -0.508 e. The number of unbranched alkanes of at least 4 members (excludes halogenated alkanes) is 2. The van der Waals surface area contributed by atoms with Gasteiger partial charge in [-0.15, -0.1) is 0 Å². The van der Waals surface area contributed by atoms with Crippen molar-refractivity contribution in [1.82, 2.24) is 57.4 Å². The Kier molecular flexibility index (Phi) is 27.7. The second-order valence-corrected chi connectivity index (χ2v) is 28.3. The van der Waals surface area contributed by atoms with Gasteiger partial charge in [-0.25, -0.2) is 29.4 Å². The summed E-state index contributed by atoms with van der Waals surface area (Å²) in [5.74, 6) is 1.18. The van der Waals surface area contributed by atoms with Crippen LogP contribution in [0.5, 0.6) is 5.75 Å². The average Bonchev–Trinajstić information content (AvgIpc) is 1.52. The molecule has 33 heteroatoms. The van der Waals surface area contributed by atoms with Crippen LogP contribution in [0.1, 0.15) is 122 Å². The van der Waals surface area contributed by atoms with Crippen molar-refractivity contribution >= 4 is 93.7 Å². The van der Waals surface area contributed by atoms with Gasteiger partial charge in [-0.1, -0.05) is 26.7 Å². The summed E-state index contributed by atoms with van der Waals surface area (Å²) in [4.78, 5) is 120. The van der Waals surface area contributed by atoms with E-state index in [4.69, 9.17) is 44.9 Å². The van der Waals surface area contributed by atoms with Crippen molar-refractivity contribution in [3.8, 4) is 17.1 Å². The first kappa shape index (κ1) is 76.2. The van der Waals surface area contributed by atoms with Crippen LogP contribution in [0.3, 0.4) is 0 Å². The predicted molar refractivity (Wildman–Crippen MR) is 387 cm³/mol.